The topological polar surface area (TPSA) is 41.9 Å². The van der Waals surface area contributed by atoms with Gasteiger partial charge in [-0.15, -0.1) is 6.42 Å². The molecule has 1 aromatic rings. The number of allylic oxidation sites excluding steroid dienone is 3. The molecule has 1 aliphatic heterocycles. The number of piperidine rings is 1. The van der Waals surface area contributed by atoms with Crippen molar-refractivity contribution in [2.24, 2.45) is 10.9 Å². The van der Waals surface area contributed by atoms with E-state index < -0.39 is 5.60 Å². The van der Waals surface area contributed by atoms with E-state index in [1.54, 1.807) is 6.08 Å². The van der Waals surface area contributed by atoms with Gasteiger partial charge in [-0.3, -0.25) is 6.08 Å². The van der Waals surface area contributed by atoms with Crippen molar-refractivity contribution in [2.75, 3.05) is 13.1 Å². The minimum Gasteiger partial charge on any atom is -0.444 e. The number of amides is 1. The summed E-state index contributed by atoms with van der Waals surface area (Å²) in [4.78, 5) is 18.5. The maximum atomic E-state index is 12.4. The number of nitrogens with zero attached hydrogens (tertiary/aromatic N) is 2. The van der Waals surface area contributed by atoms with Gasteiger partial charge in [-0.2, -0.15) is 5.70 Å². The van der Waals surface area contributed by atoms with E-state index in [0.717, 1.165) is 57.3 Å². The van der Waals surface area contributed by atoms with E-state index in [4.69, 9.17) is 4.74 Å². The van der Waals surface area contributed by atoms with Crippen LogP contribution in [0.3, 0.4) is 0 Å². The van der Waals surface area contributed by atoms with Crippen molar-refractivity contribution in [3.63, 3.8) is 0 Å². The first-order valence-electron chi connectivity index (χ1n) is 12.3. The summed E-state index contributed by atoms with van der Waals surface area (Å²) in [5.41, 5.74) is 6.10. The zero-order valence-electron chi connectivity index (χ0n) is 21.4. The molecule has 1 aliphatic carbocycles. The summed E-state index contributed by atoms with van der Waals surface area (Å²) in [5, 5.41) is 0. The van der Waals surface area contributed by atoms with Gasteiger partial charge in [-0.05, 0) is 81.7 Å². The molecular formula is C29H40N2O2Th. The number of carbonyl (C=O) groups is 1. The average Bonchev–Trinajstić information content (AvgIpc) is 3.24. The molecule has 0 unspecified atom stereocenters. The number of likely N-dealkylation sites (tertiary alicyclic amines) is 1. The standard InChI is InChI=1S/C29H40N2O2.Th/c1-7-10-27(30-6)26-12-9-11-24(26)20-21-13-14-25(22(8-2)19-21)23-15-17-31(18-16-23)28(32)33-29(3,4)5;/h7,10,12-14,19,23-24H,1,6,8-9,11,15-18,20H2,2-5H3;/q-2;+2/t24-;/m1./s1. The van der Waals surface area contributed by atoms with Crippen LogP contribution in [0.2, 0.25) is 0 Å². The first-order valence-corrected chi connectivity index (χ1v) is 12.3. The Kier molecular flexibility index (Phi) is 11.2. The van der Waals surface area contributed by atoms with E-state index in [9.17, 15) is 4.79 Å². The fourth-order valence-corrected chi connectivity index (χ4v) is 5.11. The second kappa shape index (κ2) is 13.1. The van der Waals surface area contributed by atoms with E-state index in [2.05, 4.69) is 50.2 Å². The van der Waals surface area contributed by atoms with Crippen LogP contribution in [0, 0.1) is 59.2 Å². The van der Waals surface area contributed by atoms with E-state index in [1.165, 1.54) is 22.3 Å². The van der Waals surface area contributed by atoms with Crippen LogP contribution in [0.25, 0.3) is 0 Å². The molecule has 1 heterocycles. The average molecular weight is 681 g/mol. The summed E-state index contributed by atoms with van der Waals surface area (Å²) >= 11 is 0. The molecule has 2 aliphatic rings. The molecule has 0 bridgehead atoms. The van der Waals surface area contributed by atoms with Crippen molar-refractivity contribution in [3.8, 4) is 0 Å². The SMILES string of the molecule is C=NC(C=C[CH2-])=C1[CH-]CC[C@@H]1Cc1ccc(C2CCN(C(=O)OC(C)(C)C)CC2)c(CC)c1.[Th+2]. The molecule has 3 rings (SSSR count). The Morgan fingerprint density at radius 3 is 2.59 bits per heavy atom. The number of benzene rings is 1. The largest absolute Gasteiger partial charge is 2.00 e. The van der Waals surface area contributed by atoms with Gasteiger partial charge in [0.1, 0.15) is 5.60 Å². The molecule has 1 amide bonds. The van der Waals surface area contributed by atoms with E-state index in [-0.39, 0.29) is 46.0 Å². The van der Waals surface area contributed by atoms with Crippen molar-refractivity contribution in [1.82, 2.24) is 4.90 Å². The summed E-state index contributed by atoms with van der Waals surface area (Å²) in [6, 6.07) is 7.05. The van der Waals surface area contributed by atoms with Gasteiger partial charge >= 0.3 is 46.0 Å². The molecule has 0 radical (unpaired) electrons. The van der Waals surface area contributed by atoms with Gasteiger partial charge in [0.2, 0.25) is 0 Å². The zero-order chi connectivity index (χ0) is 24.0. The maximum Gasteiger partial charge on any atom is 2.00 e. The molecule has 1 saturated carbocycles. The second-order valence-electron chi connectivity index (χ2n) is 10.2. The fourth-order valence-electron chi connectivity index (χ4n) is 5.11. The number of rotatable bonds is 6. The number of carbonyl (C=O) groups excluding carboxylic acids is 1. The number of hydrogen-bond donors (Lipinski definition) is 0. The van der Waals surface area contributed by atoms with E-state index in [1.807, 2.05) is 31.7 Å². The van der Waals surface area contributed by atoms with Crippen LogP contribution in [0.1, 0.15) is 76.0 Å². The number of hydrogen-bond acceptors (Lipinski definition) is 3. The molecule has 1 saturated heterocycles. The van der Waals surface area contributed by atoms with Crippen LogP contribution in [0.4, 0.5) is 4.79 Å². The monoisotopic (exact) mass is 680 g/mol. The van der Waals surface area contributed by atoms with Crippen LogP contribution in [-0.4, -0.2) is 36.4 Å². The van der Waals surface area contributed by atoms with Gasteiger partial charge in [-0.25, -0.2) is 29.8 Å². The van der Waals surface area contributed by atoms with Gasteiger partial charge < -0.3 is 14.6 Å². The molecule has 0 spiro atoms. The van der Waals surface area contributed by atoms with E-state index >= 15 is 0 Å². The predicted octanol–water partition coefficient (Wildman–Crippen LogP) is 6.87. The quantitative estimate of drug-likeness (QED) is 0.243. The molecule has 0 aromatic heterocycles. The number of ether oxygens (including phenoxy) is 1. The van der Waals surface area contributed by atoms with Crippen LogP contribution in [0.15, 0.2) is 46.6 Å². The Bertz CT molecular complexity index is 905. The van der Waals surface area contributed by atoms with Gasteiger partial charge in [0.15, 0.2) is 0 Å². The molecule has 5 heteroatoms. The Balaban J connectivity index is 0.00000408. The number of aryl methyl sites for hydroxylation is 1. The van der Waals surface area contributed by atoms with Gasteiger partial charge in [0.25, 0.3) is 0 Å². The molecule has 1 aromatic carbocycles. The molecule has 34 heavy (non-hydrogen) atoms. The van der Waals surface area contributed by atoms with Gasteiger partial charge in [0, 0.05) is 13.1 Å². The summed E-state index contributed by atoms with van der Waals surface area (Å²) in [6.45, 7) is 17.1. The molecule has 4 nitrogen and oxygen atoms in total. The Morgan fingerprint density at radius 2 is 2.00 bits per heavy atom. The van der Waals surface area contributed by atoms with Crippen molar-refractivity contribution >= 4 is 12.8 Å². The first kappa shape index (κ1) is 28.9. The summed E-state index contributed by atoms with van der Waals surface area (Å²) < 4.78 is 5.55. The molecule has 182 valence electrons. The third-order valence-electron chi connectivity index (χ3n) is 6.72. The molecule has 1 atom stereocenters. The van der Waals surface area contributed by atoms with Crippen LogP contribution in [-0.2, 0) is 17.6 Å². The van der Waals surface area contributed by atoms with Crippen LogP contribution >= 0.6 is 0 Å². The Labute approximate surface area is 239 Å². The van der Waals surface area contributed by atoms with Crippen molar-refractivity contribution in [1.29, 1.82) is 0 Å². The van der Waals surface area contributed by atoms with Crippen molar-refractivity contribution < 1.29 is 49.5 Å². The van der Waals surface area contributed by atoms with Crippen molar-refractivity contribution in [2.45, 2.75) is 77.7 Å². The third kappa shape index (κ3) is 7.60. The van der Waals surface area contributed by atoms with Crippen molar-refractivity contribution in [3.05, 3.63) is 71.7 Å². The minimum atomic E-state index is -0.447. The number of aliphatic imine (C=N–C) groups is 1. The summed E-state index contributed by atoms with van der Waals surface area (Å²) in [7, 11) is 0. The van der Waals surface area contributed by atoms with Crippen LogP contribution < -0.4 is 0 Å². The van der Waals surface area contributed by atoms with E-state index in [0.29, 0.717) is 11.8 Å². The Hall–Kier alpha value is -1.30. The fraction of sp³-hybridized carbons (Fsp3) is 0.517. The van der Waals surface area contributed by atoms with Gasteiger partial charge in [-0.1, -0.05) is 31.5 Å². The third-order valence-corrected chi connectivity index (χ3v) is 6.72. The summed E-state index contributed by atoms with van der Waals surface area (Å²) in [5.74, 6) is 0.982. The minimum absolute atomic E-state index is 0. The van der Waals surface area contributed by atoms with Crippen LogP contribution in [0.5, 0.6) is 0 Å². The smallest absolute Gasteiger partial charge is 0.444 e. The molecular weight excluding hydrogens is 640 g/mol. The molecule has 0 N–H and O–H groups in total. The Morgan fingerprint density at radius 1 is 1.29 bits per heavy atom. The summed E-state index contributed by atoms with van der Waals surface area (Å²) in [6.07, 6.45) is 12.2. The maximum absolute atomic E-state index is 12.4. The van der Waals surface area contributed by atoms with Gasteiger partial charge in [0.05, 0.1) is 0 Å². The zero-order valence-corrected chi connectivity index (χ0v) is 25.5. The predicted molar refractivity (Wildman–Crippen MR) is 137 cm³/mol. The normalized spacial score (nSPS) is 20.6. The first-order chi connectivity index (χ1) is 15.8. The molecule has 2 fully saturated rings. The second-order valence-corrected chi connectivity index (χ2v) is 10.2.